The van der Waals surface area contributed by atoms with Crippen LogP contribution in [0.5, 0.6) is 0 Å². The lowest BCUT2D eigenvalue weighted by Crippen LogP contribution is -2.35. The van der Waals surface area contributed by atoms with Gasteiger partial charge in [-0.05, 0) is 18.8 Å². The van der Waals surface area contributed by atoms with E-state index in [1.54, 1.807) is 17.5 Å². The Labute approximate surface area is 118 Å². The number of rotatable bonds is 4. The van der Waals surface area contributed by atoms with E-state index >= 15 is 0 Å². The van der Waals surface area contributed by atoms with Crippen molar-refractivity contribution in [2.24, 2.45) is 5.92 Å². The van der Waals surface area contributed by atoms with Crippen LogP contribution in [0, 0.1) is 5.92 Å². The fourth-order valence-corrected chi connectivity index (χ4v) is 3.09. The number of hydrogen-bond acceptors (Lipinski definition) is 4. The molecule has 1 saturated carbocycles. The zero-order chi connectivity index (χ0) is 14.2. The highest BCUT2D eigenvalue weighted by atomic mass is 32.1. The standard InChI is InChI=1S/C14H22N2O2S/c1-14(2,3)12-11(19-8-15-12)13(18)16(4)7-10(17)9-5-6-9/h8-10,17H,5-7H2,1-4H3. The first-order valence-electron chi connectivity index (χ1n) is 6.68. The topological polar surface area (TPSA) is 53.4 Å². The number of aliphatic hydroxyl groups excluding tert-OH is 1. The molecule has 2 rings (SSSR count). The molecule has 0 aliphatic heterocycles. The van der Waals surface area contributed by atoms with Gasteiger partial charge in [-0.3, -0.25) is 4.79 Å². The molecule has 0 saturated heterocycles. The van der Waals surface area contributed by atoms with Crippen LogP contribution in [0.4, 0.5) is 0 Å². The molecule has 1 aliphatic rings. The zero-order valence-corrected chi connectivity index (χ0v) is 12.8. The number of aromatic nitrogens is 1. The first-order chi connectivity index (χ1) is 8.80. The molecule has 0 aromatic carbocycles. The van der Waals surface area contributed by atoms with Crippen molar-refractivity contribution in [3.8, 4) is 0 Å². The number of aliphatic hydroxyl groups is 1. The quantitative estimate of drug-likeness (QED) is 0.922. The molecule has 1 N–H and O–H groups in total. The van der Waals surface area contributed by atoms with Crippen molar-refractivity contribution >= 4 is 17.2 Å². The van der Waals surface area contributed by atoms with E-state index in [0.717, 1.165) is 18.5 Å². The van der Waals surface area contributed by atoms with Gasteiger partial charge in [0.25, 0.3) is 5.91 Å². The number of carbonyl (C=O) groups excluding carboxylic acids is 1. The summed E-state index contributed by atoms with van der Waals surface area (Å²) in [5, 5.41) is 9.93. The average molecular weight is 282 g/mol. The van der Waals surface area contributed by atoms with Crippen molar-refractivity contribution in [2.45, 2.75) is 45.1 Å². The van der Waals surface area contributed by atoms with Crippen molar-refractivity contribution in [2.75, 3.05) is 13.6 Å². The van der Waals surface area contributed by atoms with Gasteiger partial charge in [0.15, 0.2) is 0 Å². The molecule has 1 aromatic rings. The van der Waals surface area contributed by atoms with Crippen molar-refractivity contribution in [1.29, 1.82) is 0 Å². The third kappa shape index (κ3) is 3.34. The lowest BCUT2D eigenvalue weighted by molar-refractivity contribution is 0.0647. The maximum absolute atomic E-state index is 12.4. The maximum Gasteiger partial charge on any atom is 0.265 e. The monoisotopic (exact) mass is 282 g/mol. The van der Waals surface area contributed by atoms with Crippen LogP contribution in [0.15, 0.2) is 5.51 Å². The number of nitrogens with zero attached hydrogens (tertiary/aromatic N) is 2. The zero-order valence-electron chi connectivity index (χ0n) is 12.0. The Kier molecular flexibility index (Phi) is 3.97. The summed E-state index contributed by atoms with van der Waals surface area (Å²) in [6.45, 7) is 6.57. The highest BCUT2D eigenvalue weighted by Gasteiger charge is 2.32. The van der Waals surface area contributed by atoms with Crippen LogP contribution in [0.3, 0.4) is 0 Å². The van der Waals surface area contributed by atoms with Crippen molar-refractivity contribution in [3.05, 3.63) is 16.1 Å². The fraction of sp³-hybridized carbons (Fsp3) is 0.714. The van der Waals surface area contributed by atoms with Crippen molar-refractivity contribution in [1.82, 2.24) is 9.88 Å². The first-order valence-corrected chi connectivity index (χ1v) is 7.56. The van der Waals surface area contributed by atoms with E-state index in [1.807, 2.05) is 0 Å². The van der Waals surface area contributed by atoms with Gasteiger partial charge >= 0.3 is 0 Å². The molecule has 5 heteroatoms. The van der Waals surface area contributed by atoms with Crippen molar-refractivity contribution in [3.63, 3.8) is 0 Å². The van der Waals surface area contributed by atoms with Crippen LogP contribution in [-0.2, 0) is 5.41 Å². The molecule has 1 unspecified atom stereocenters. The smallest absolute Gasteiger partial charge is 0.265 e. The molecule has 0 spiro atoms. The van der Waals surface area contributed by atoms with E-state index in [1.165, 1.54) is 11.3 Å². The predicted molar refractivity (Wildman–Crippen MR) is 76.5 cm³/mol. The Bertz CT molecular complexity index is 460. The number of carbonyl (C=O) groups is 1. The summed E-state index contributed by atoms with van der Waals surface area (Å²) in [5.74, 6) is 0.353. The number of thiazole rings is 1. The molecule has 1 aliphatic carbocycles. The Hall–Kier alpha value is -0.940. The molecule has 19 heavy (non-hydrogen) atoms. The molecule has 1 heterocycles. The Morgan fingerprint density at radius 2 is 2.21 bits per heavy atom. The van der Waals surface area contributed by atoms with Gasteiger partial charge in [-0.2, -0.15) is 0 Å². The number of amides is 1. The van der Waals surface area contributed by atoms with E-state index in [-0.39, 0.29) is 17.4 Å². The molecule has 1 aromatic heterocycles. The van der Waals surface area contributed by atoms with E-state index in [9.17, 15) is 9.90 Å². The Balaban J connectivity index is 2.08. The van der Waals surface area contributed by atoms with Gasteiger partial charge in [0.2, 0.25) is 0 Å². The van der Waals surface area contributed by atoms with Gasteiger partial charge in [0, 0.05) is 19.0 Å². The summed E-state index contributed by atoms with van der Waals surface area (Å²) in [4.78, 5) is 19.1. The number of hydrogen-bond donors (Lipinski definition) is 1. The minimum Gasteiger partial charge on any atom is -0.391 e. The van der Waals surface area contributed by atoms with Crippen LogP contribution in [0.2, 0.25) is 0 Å². The molecule has 1 amide bonds. The van der Waals surface area contributed by atoms with E-state index in [0.29, 0.717) is 17.3 Å². The lowest BCUT2D eigenvalue weighted by Gasteiger charge is -2.23. The fourth-order valence-electron chi connectivity index (χ4n) is 2.10. The predicted octanol–water partition coefficient (Wildman–Crippen LogP) is 2.28. The van der Waals surface area contributed by atoms with Crippen LogP contribution in [0.25, 0.3) is 0 Å². The summed E-state index contributed by atoms with van der Waals surface area (Å²) in [7, 11) is 1.75. The van der Waals surface area contributed by atoms with E-state index < -0.39 is 0 Å². The van der Waals surface area contributed by atoms with Crippen molar-refractivity contribution < 1.29 is 9.90 Å². The SMILES string of the molecule is CN(CC(O)C1CC1)C(=O)c1scnc1C(C)(C)C. The van der Waals surface area contributed by atoms with Crippen LogP contribution < -0.4 is 0 Å². The van der Waals surface area contributed by atoms with Crippen LogP contribution >= 0.6 is 11.3 Å². The molecule has 106 valence electrons. The summed E-state index contributed by atoms with van der Waals surface area (Å²) in [6.07, 6.45) is 1.77. The summed E-state index contributed by atoms with van der Waals surface area (Å²) < 4.78 is 0. The molecule has 0 radical (unpaired) electrons. The second kappa shape index (κ2) is 5.21. The van der Waals surface area contributed by atoms with Gasteiger partial charge in [-0.25, -0.2) is 4.98 Å². The maximum atomic E-state index is 12.4. The van der Waals surface area contributed by atoms with Gasteiger partial charge < -0.3 is 10.0 Å². The Morgan fingerprint density at radius 3 is 2.74 bits per heavy atom. The summed E-state index contributed by atoms with van der Waals surface area (Å²) >= 11 is 1.38. The largest absolute Gasteiger partial charge is 0.391 e. The highest BCUT2D eigenvalue weighted by molar-refractivity contribution is 7.11. The van der Waals surface area contributed by atoms with E-state index in [4.69, 9.17) is 0 Å². The Morgan fingerprint density at radius 1 is 1.58 bits per heavy atom. The van der Waals surface area contributed by atoms with Crippen LogP contribution in [0.1, 0.15) is 49.0 Å². The second-order valence-corrected chi connectivity index (χ2v) is 7.23. The molecular formula is C14H22N2O2S. The van der Waals surface area contributed by atoms with Gasteiger partial charge in [0.05, 0.1) is 17.3 Å². The third-order valence-corrected chi connectivity index (χ3v) is 4.26. The van der Waals surface area contributed by atoms with Gasteiger partial charge in [0.1, 0.15) is 4.88 Å². The minimum absolute atomic E-state index is 0.0351. The third-order valence-electron chi connectivity index (χ3n) is 3.45. The minimum atomic E-state index is -0.389. The van der Waals surface area contributed by atoms with Gasteiger partial charge in [-0.15, -0.1) is 11.3 Å². The lowest BCUT2D eigenvalue weighted by atomic mass is 9.91. The number of likely N-dealkylation sites (N-methyl/N-ethyl adjacent to an activating group) is 1. The highest BCUT2D eigenvalue weighted by Crippen LogP contribution is 2.33. The van der Waals surface area contributed by atoms with E-state index in [2.05, 4.69) is 25.8 Å². The molecule has 4 nitrogen and oxygen atoms in total. The molecule has 0 bridgehead atoms. The summed E-state index contributed by atoms with van der Waals surface area (Å²) in [6, 6.07) is 0. The molecule has 1 atom stereocenters. The van der Waals surface area contributed by atoms with Crippen LogP contribution in [-0.4, -0.2) is 40.6 Å². The second-order valence-electron chi connectivity index (χ2n) is 6.37. The summed E-state index contributed by atoms with van der Waals surface area (Å²) in [5.41, 5.74) is 2.43. The first kappa shape index (κ1) is 14.5. The normalized spacial score (nSPS) is 17.3. The van der Waals surface area contributed by atoms with Gasteiger partial charge in [-0.1, -0.05) is 20.8 Å². The molecular weight excluding hydrogens is 260 g/mol. The average Bonchev–Trinajstić information content (AvgIpc) is 3.03. The molecule has 1 fully saturated rings.